The van der Waals surface area contributed by atoms with Crippen molar-refractivity contribution in [3.63, 3.8) is 0 Å². The van der Waals surface area contributed by atoms with E-state index in [4.69, 9.17) is 19.4 Å². The second-order valence-electron chi connectivity index (χ2n) is 8.47. The van der Waals surface area contributed by atoms with Crippen molar-refractivity contribution in [2.45, 2.75) is 19.4 Å². The number of fused-ring (bicyclic) bond motifs is 1. The Labute approximate surface area is 207 Å². The third kappa shape index (κ3) is 4.79. The SMILES string of the molecule is COc1cccc(Cc2nc3c(c(N4CCOCC4)n2)CN(C(=O)c2ccccc2Br)CC3)c1. The molecule has 176 valence electrons. The third-order valence-corrected chi connectivity index (χ3v) is 6.97. The van der Waals surface area contributed by atoms with Crippen LogP contribution in [-0.4, -0.2) is 60.7 Å². The zero-order valence-electron chi connectivity index (χ0n) is 19.2. The van der Waals surface area contributed by atoms with Crippen molar-refractivity contribution < 1.29 is 14.3 Å². The van der Waals surface area contributed by atoms with Gasteiger partial charge in [0.05, 0.1) is 38.1 Å². The molecule has 0 bridgehead atoms. The van der Waals surface area contributed by atoms with Gasteiger partial charge in [-0.25, -0.2) is 9.97 Å². The van der Waals surface area contributed by atoms with E-state index in [1.165, 1.54) is 0 Å². The molecule has 2 aliphatic heterocycles. The molecule has 1 fully saturated rings. The molecule has 1 saturated heterocycles. The van der Waals surface area contributed by atoms with Crippen LogP contribution in [0.25, 0.3) is 0 Å². The zero-order valence-corrected chi connectivity index (χ0v) is 20.8. The van der Waals surface area contributed by atoms with Gasteiger partial charge in [-0.15, -0.1) is 0 Å². The molecular weight excluding hydrogens is 496 g/mol. The maximum atomic E-state index is 13.3. The normalized spacial score (nSPS) is 15.7. The summed E-state index contributed by atoms with van der Waals surface area (Å²) in [7, 11) is 1.67. The van der Waals surface area contributed by atoms with Crippen LogP contribution in [0.3, 0.4) is 0 Å². The van der Waals surface area contributed by atoms with Gasteiger partial charge in [-0.1, -0.05) is 24.3 Å². The Balaban J connectivity index is 1.47. The van der Waals surface area contributed by atoms with Crippen LogP contribution in [0.2, 0.25) is 0 Å². The number of amides is 1. The monoisotopic (exact) mass is 522 g/mol. The number of ether oxygens (including phenoxy) is 2. The summed E-state index contributed by atoms with van der Waals surface area (Å²) in [5.41, 5.74) is 3.86. The van der Waals surface area contributed by atoms with E-state index in [0.29, 0.717) is 44.7 Å². The van der Waals surface area contributed by atoms with E-state index in [1.807, 2.05) is 47.4 Å². The number of hydrogen-bond acceptors (Lipinski definition) is 6. The van der Waals surface area contributed by atoms with Gasteiger partial charge in [-0.3, -0.25) is 4.79 Å². The smallest absolute Gasteiger partial charge is 0.255 e. The second-order valence-corrected chi connectivity index (χ2v) is 9.33. The van der Waals surface area contributed by atoms with Crippen LogP contribution in [0.4, 0.5) is 5.82 Å². The van der Waals surface area contributed by atoms with Crippen LogP contribution in [-0.2, 0) is 24.1 Å². The van der Waals surface area contributed by atoms with Gasteiger partial charge in [0, 0.05) is 42.5 Å². The fourth-order valence-corrected chi connectivity index (χ4v) is 4.96. The molecule has 0 unspecified atom stereocenters. The van der Waals surface area contributed by atoms with E-state index in [9.17, 15) is 4.79 Å². The first-order valence-electron chi connectivity index (χ1n) is 11.5. The average molecular weight is 523 g/mol. The highest BCUT2D eigenvalue weighted by Gasteiger charge is 2.29. The number of halogens is 1. The van der Waals surface area contributed by atoms with E-state index < -0.39 is 0 Å². The maximum Gasteiger partial charge on any atom is 0.255 e. The Hall–Kier alpha value is -2.97. The lowest BCUT2D eigenvalue weighted by Gasteiger charge is -2.34. The molecule has 3 heterocycles. The molecule has 0 N–H and O–H groups in total. The van der Waals surface area contributed by atoms with Gasteiger partial charge in [0.15, 0.2) is 0 Å². The molecule has 2 aliphatic rings. The lowest BCUT2D eigenvalue weighted by Crippen LogP contribution is -2.41. The Morgan fingerprint density at radius 2 is 1.91 bits per heavy atom. The average Bonchev–Trinajstić information content (AvgIpc) is 2.88. The number of hydrogen-bond donors (Lipinski definition) is 0. The van der Waals surface area contributed by atoms with Gasteiger partial charge in [0.1, 0.15) is 17.4 Å². The van der Waals surface area contributed by atoms with Gasteiger partial charge in [0.25, 0.3) is 5.91 Å². The van der Waals surface area contributed by atoms with E-state index in [-0.39, 0.29) is 5.91 Å². The molecule has 8 heteroatoms. The molecule has 34 heavy (non-hydrogen) atoms. The highest BCUT2D eigenvalue weighted by Crippen LogP contribution is 2.30. The Kier molecular flexibility index (Phi) is 6.78. The van der Waals surface area contributed by atoms with Gasteiger partial charge in [0.2, 0.25) is 0 Å². The largest absolute Gasteiger partial charge is 0.497 e. The fourth-order valence-electron chi connectivity index (χ4n) is 4.51. The number of carbonyl (C=O) groups is 1. The summed E-state index contributed by atoms with van der Waals surface area (Å²) in [5, 5.41) is 0. The van der Waals surface area contributed by atoms with Gasteiger partial charge < -0.3 is 19.3 Å². The van der Waals surface area contributed by atoms with Crippen LogP contribution in [0, 0.1) is 0 Å². The summed E-state index contributed by atoms with van der Waals surface area (Å²) in [5.74, 6) is 2.56. The Bertz CT molecular complexity index is 1200. The highest BCUT2D eigenvalue weighted by molar-refractivity contribution is 9.10. The van der Waals surface area contributed by atoms with Crippen LogP contribution in [0.15, 0.2) is 53.0 Å². The number of rotatable bonds is 5. The number of anilines is 1. The molecule has 1 aromatic heterocycles. The van der Waals surface area contributed by atoms with Crippen molar-refractivity contribution in [1.29, 1.82) is 0 Å². The quantitative estimate of drug-likeness (QED) is 0.506. The fraction of sp³-hybridized carbons (Fsp3) is 0.346. The summed E-state index contributed by atoms with van der Waals surface area (Å²) >= 11 is 3.52. The molecule has 0 radical (unpaired) electrons. The summed E-state index contributed by atoms with van der Waals surface area (Å²) in [4.78, 5) is 27.4. The van der Waals surface area contributed by atoms with E-state index in [2.05, 4.69) is 26.9 Å². The minimum Gasteiger partial charge on any atom is -0.497 e. The van der Waals surface area contributed by atoms with Crippen molar-refractivity contribution >= 4 is 27.7 Å². The van der Waals surface area contributed by atoms with Crippen LogP contribution in [0.5, 0.6) is 5.75 Å². The molecule has 0 atom stereocenters. The number of carbonyl (C=O) groups excluding carboxylic acids is 1. The zero-order chi connectivity index (χ0) is 23.5. The molecule has 3 aromatic rings. The van der Waals surface area contributed by atoms with Crippen LogP contribution < -0.4 is 9.64 Å². The topological polar surface area (TPSA) is 67.8 Å². The van der Waals surface area contributed by atoms with Crippen molar-refractivity contribution in [1.82, 2.24) is 14.9 Å². The van der Waals surface area contributed by atoms with Crippen LogP contribution >= 0.6 is 15.9 Å². The predicted molar refractivity (Wildman–Crippen MR) is 133 cm³/mol. The van der Waals surface area contributed by atoms with Gasteiger partial charge >= 0.3 is 0 Å². The van der Waals surface area contributed by atoms with E-state index >= 15 is 0 Å². The molecule has 0 saturated carbocycles. The molecule has 7 nitrogen and oxygen atoms in total. The minimum absolute atomic E-state index is 0.0199. The van der Waals surface area contributed by atoms with Crippen LogP contribution in [0.1, 0.15) is 33.0 Å². The second kappa shape index (κ2) is 10.1. The number of aromatic nitrogens is 2. The molecule has 5 rings (SSSR count). The summed E-state index contributed by atoms with van der Waals surface area (Å²) in [6.07, 6.45) is 1.33. The molecule has 2 aromatic carbocycles. The third-order valence-electron chi connectivity index (χ3n) is 6.28. The first kappa shape index (κ1) is 22.8. The summed E-state index contributed by atoms with van der Waals surface area (Å²) in [6, 6.07) is 15.6. The Morgan fingerprint density at radius 1 is 1.09 bits per heavy atom. The van der Waals surface area contributed by atoms with Crippen molar-refractivity contribution in [2.24, 2.45) is 0 Å². The van der Waals surface area contributed by atoms with Gasteiger partial charge in [-0.05, 0) is 45.8 Å². The highest BCUT2D eigenvalue weighted by atomic mass is 79.9. The summed E-state index contributed by atoms with van der Waals surface area (Å²) < 4.78 is 11.8. The summed E-state index contributed by atoms with van der Waals surface area (Å²) in [6.45, 7) is 4.03. The lowest BCUT2D eigenvalue weighted by molar-refractivity contribution is 0.0732. The number of morpholine rings is 1. The van der Waals surface area contributed by atoms with E-state index in [1.54, 1.807) is 7.11 Å². The van der Waals surface area contributed by atoms with E-state index in [0.717, 1.165) is 51.8 Å². The molecule has 1 amide bonds. The van der Waals surface area contributed by atoms with Gasteiger partial charge in [-0.2, -0.15) is 0 Å². The first-order chi connectivity index (χ1) is 16.6. The molecule has 0 spiro atoms. The van der Waals surface area contributed by atoms with Crippen molar-refractivity contribution in [2.75, 3.05) is 44.9 Å². The standard InChI is InChI=1S/C26H27BrN4O3/c1-33-19-6-4-5-18(15-19)16-24-28-23-9-10-31(26(32)20-7-2-3-8-22(20)27)17-21(23)25(29-24)30-11-13-34-14-12-30/h2-8,15H,9-14,16-17H2,1H3. The maximum absolute atomic E-state index is 13.3. The number of benzene rings is 2. The Morgan fingerprint density at radius 3 is 2.71 bits per heavy atom. The number of methoxy groups -OCH3 is 1. The number of nitrogens with zero attached hydrogens (tertiary/aromatic N) is 4. The van der Waals surface area contributed by atoms with Crippen molar-refractivity contribution in [3.05, 3.63) is 81.2 Å². The van der Waals surface area contributed by atoms with Crippen molar-refractivity contribution in [3.8, 4) is 5.75 Å². The predicted octanol–water partition coefficient (Wildman–Crippen LogP) is 3.87. The minimum atomic E-state index is 0.0199. The lowest BCUT2D eigenvalue weighted by atomic mass is 10.0. The first-order valence-corrected chi connectivity index (χ1v) is 12.3. The molecular formula is C26H27BrN4O3. The molecule has 0 aliphatic carbocycles.